The highest BCUT2D eigenvalue weighted by Crippen LogP contribution is 2.28. The molecule has 1 N–H and O–H groups in total. The zero-order valence-electron chi connectivity index (χ0n) is 18.4. The van der Waals surface area contributed by atoms with E-state index in [0.717, 1.165) is 31.5 Å². The molecule has 2 fully saturated rings. The van der Waals surface area contributed by atoms with Crippen molar-refractivity contribution in [2.45, 2.75) is 51.1 Å². The monoisotopic (exact) mass is 419 g/mol. The number of carbonyl (C=O) groups excluding carboxylic acids is 2. The summed E-state index contributed by atoms with van der Waals surface area (Å²) in [6.07, 6.45) is 4.78. The Labute approximate surface area is 185 Å². The van der Waals surface area contributed by atoms with E-state index in [1.54, 1.807) is 4.90 Å². The molecule has 5 heteroatoms. The van der Waals surface area contributed by atoms with E-state index in [0.29, 0.717) is 19.5 Å². The average molecular weight is 420 g/mol. The van der Waals surface area contributed by atoms with E-state index in [9.17, 15) is 9.59 Å². The number of piperidine rings is 1. The second-order valence-electron chi connectivity index (χ2n) is 8.77. The van der Waals surface area contributed by atoms with Crippen molar-refractivity contribution in [3.63, 3.8) is 0 Å². The predicted octanol–water partition coefficient (Wildman–Crippen LogP) is 4.00. The highest BCUT2D eigenvalue weighted by molar-refractivity contribution is 5.89. The van der Waals surface area contributed by atoms with E-state index >= 15 is 0 Å². The Bertz CT molecular complexity index is 875. The molecule has 5 nitrogen and oxygen atoms in total. The highest BCUT2D eigenvalue weighted by Gasteiger charge is 2.33. The highest BCUT2D eigenvalue weighted by atomic mass is 16.2. The number of hydrogen-bond acceptors (Lipinski definition) is 3. The number of amides is 2. The fourth-order valence-electron chi connectivity index (χ4n) is 4.80. The van der Waals surface area contributed by atoms with Crippen LogP contribution < -0.4 is 5.32 Å². The molecule has 2 saturated heterocycles. The number of rotatable bonds is 7. The molecule has 31 heavy (non-hydrogen) atoms. The third-order valence-electron chi connectivity index (χ3n) is 6.55. The van der Waals surface area contributed by atoms with Gasteiger partial charge in [-0.15, -0.1) is 0 Å². The Hall–Kier alpha value is -2.66. The molecule has 0 aliphatic carbocycles. The van der Waals surface area contributed by atoms with Gasteiger partial charge in [-0.2, -0.15) is 0 Å². The summed E-state index contributed by atoms with van der Waals surface area (Å²) in [5.41, 5.74) is 3.35. The van der Waals surface area contributed by atoms with Crippen molar-refractivity contribution in [3.8, 4) is 0 Å². The Balaban J connectivity index is 1.53. The van der Waals surface area contributed by atoms with Crippen LogP contribution in [-0.2, 0) is 9.59 Å². The van der Waals surface area contributed by atoms with Crippen molar-refractivity contribution in [2.24, 2.45) is 0 Å². The molecule has 2 aromatic rings. The van der Waals surface area contributed by atoms with Gasteiger partial charge >= 0.3 is 0 Å². The number of nitrogens with one attached hydrogen (secondary N) is 1. The summed E-state index contributed by atoms with van der Waals surface area (Å²) >= 11 is 0. The van der Waals surface area contributed by atoms with E-state index in [1.807, 2.05) is 30.3 Å². The van der Waals surface area contributed by atoms with Crippen molar-refractivity contribution >= 4 is 11.8 Å². The lowest BCUT2D eigenvalue weighted by molar-refractivity contribution is -0.142. The first-order chi connectivity index (χ1) is 15.1. The zero-order chi connectivity index (χ0) is 21.6. The Kier molecular flexibility index (Phi) is 7.03. The van der Waals surface area contributed by atoms with Crippen LogP contribution in [0.1, 0.15) is 60.9 Å². The van der Waals surface area contributed by atoms with E-state index in [2.05, 4.69) is 41.4 Å². The van der Waals surface area contributed by atoms with Crippen LogP contribution in [0.3, 0.4) is 0 Å². The Morgan fingerprint density at radius 1 is 0.903 bits per heavy atom. The first kappa shape index (κ1) is 21.6. The van der Waals surface area contributed by atoms with Gasteiger partial charge < -0.3 is 10.2 Å². The van der Waals surface area contributed by atoms with Gasteiger partial charge in [0.15, 0.2) is 0 Å². The van der Waals surface area contributed by atoms with Gasteiger partial charge in [-0.1, -0.05) is 60.2 Å². The lowest BCUT2D eigenvalue weighted by atomic mass is 9.99. The number of likely N-dealkylation sites (tertiary alicyclic amines) is 2. The van der Waals surface area contributed by atoms with Gasteiger partial charge in [0, 0.05) is 19.5 Å². The van der Waals surface area contributed by atoms with Crippen LogP contribution in [0, 0.1) is 6.92 Å². The normalized spacial score (nSPS) is 19.3. The molecule has 0 bridgehead atoms. The molecule has 2 heterocycles. The van der Waals surface area contributed by atoms with Gasteiger partial charge in [0.2, 0.25) is 11.8 Å². The lowest BCUT2D eigenvalue weighted by Crippen LogP contribution is -2.47. The van der Waals surface area contributed by atoms with Crippen LogP contribution in [0.5, 0.6) is 0 Å². The molecule has 0 spiro atoms. The predicted molar refractivity (Wildman–Crippen MR) is 122 cm³/mol. The molecule has 164 valence electrons. The minimum absolute atomic E-state index is 0.0740. The van der Waals surface area contributed by atoms with Crippen LogP contribution in [0.15, 0.2) is 54.6 Å². The molecule has 2 amide bonds. The lowest BCUT2D eigenvalue weighted by Gasteiger charge is -2.35. The van der Waals surface area contributed by atoms with Crippen molar-refractivity contribution in [3.05, 3.63) is 71.3 Å². The molecule has 2 unspecified atom stereocenters. The summed E-state index contributed by atoms with van der Waals surface area (Å²) in [6.45, 7) is 5.39. The smallest absolute Gasteiger partial charge is 0.247 e. The molecular weight excluding hydrogens is 386 g/mol. The minimum atomic E-state index is -0.564. The second kappa shape index (κ2) is 10.1. The van der Waals surface area contributed by atoms with Crippen LogP contribution >= 0.6 is 0 Å². The van der Waals surface area contributed by atoms with Gasteiger partial charge in [-0.25, -0.2) is 0 Å². The van der Waals surface area contributed by atoms with Gasteiger partial charge in [-0.05, 0) is 56.8 Å². The third kappa shape index (κ3) is 5.16. The van der Waals surface area contributed by atoms with Gasteiger partial charge in [0.1, 0.15) is 6.04 Å². The molecule has 2 atom stereocenters. The van der Waals surface area contributed by atoms with Crippen molar-refractivity contribution < 1.29 is 9.59 Å². The van der Waals surface area contributed by atoms with Crippen LogP contribution in [-0.4, -0.2) is 47.8 Å². The van der Waals surface area contributed by atoms with E-state index in [4.69, 9.17) is 0 Å². The summed E-state index contributed by atoms with van der Waals surface area (Å²) in [6, 6.07) is 17.9. The van der Waals surface area contributed by atoms with Crippen LogP contribution in [0.25, 0.3) is 0 Å². The number of aryl methyl sites for hydroxylation is 1. The minimum Gasteiger partial charge on any atom is -0.352 e. The fraction of sp³-hybridized carbons (Fsp3) is 0.462. The van der Waals surface area contributed by atoms with Crippen LogP contribution in [0.4, 0.5) is 0 Å². The molecule has 0 radical (unpaired) electrons. The van der Waals surface area contributed by atoms with E-state index < -0.39 is 6.04 Å². The summed E-state index contributed by atoms with van der Waals surface area (Å²) in [5.74, 6) is -0.0114. The maximum absolute atomic E-state index is 13.5. The molecule has 4 rings (SSSR count). The third-order valence-corrected chi connectivity index (χ3v) is 6.55. The summed E-state index contributed by atoms with van der Waals surface area (Å²) in [4.78, 5) is 30.4. The average Bonchev–Trinajstić information content (AvgIpc) is 3.32. The fourth-order valence-corrected chi connectivity index (χ4v) is 4.80. The van der Waals surface area contributed by atoms with E-state index in [1.165, 1.54) is 24.0 Å². The van der Waals surface area contributed by atoms with Gasteiger partial charge in [0.05, 0.1) is 6.04 Å². The number of hydrogen-bond donors (Lipinski definition) is 1. The van der Waals surface area contributed by atoms with Crippen molar-refractivity contribution in [1.29, 1.82) is 0 Å². The Morgan fingerprint density at radius 2 is 1.58 bits per heavy atom. The van der Waals surface area contributed by atoms with Crippen molar-refractivity contribution in [1.82, 2.24) is 15.1 Å². The first-order valence-corrected chi connectivity index (χ1v) is 11.6. The second-order valence-corrected chi connectivity index (χ2v) is 8.77. The zero-order valence-corrected chi connectivity index (χ0v) is 18.4. The SMILES string of the molecule is Cc1ccc(C(CNC(=O)C(c2ccccc2)N2CCCCC2=O)N2CCCC2)cc1. The molecule has 2 aliphatic heterocycles. The quantitative estimate of drug-likeness (QED) is 0.738. The molecule has 2 aromatic carbocycles. The summed E-state index contributed by atoms with van der Waals surface area (Å²) in [5, 5.41) is 3.21. The van der Waals surface area contributed by atoms with E-state index in [-0.39, 0.29) is 17.9 Å². The first-order valence-electron chi connectivity index (χ1n) is 11.6. The standard InChI is InChI=1S/C26H33N3O2/c1-20-12-14-21(15-13-20)23(28-16-7-8-17-28)19-27-26(31)25(22-9-3-2-4-10-22)29-18-6-5-11-24(29)30/h2-4,9-10,12-15,23,25H,5-8,11,16-19H2,1H3,(H,27,31). The maximum atomic E-state index is 13.5. The topological polar surface area (TPSA) is 52.7 Å². The molecule has 0 aromatic heterocycles. The molecule has 2 aliphatic rings. The Morgan fingerprint density at radius 3 is 2.26 bits per heavy atom. The number of carbonyl (C=O) groups is 2. The van der Waals surface area contributed by atoms with Crippen molar-refractivity contribution in [2.75, 3.05) is 26.2 Å². The van der Waals surface area contributed by atoms with Gasteiger partial charge in [0.25, 0.3) is 0 Å². The van der Waals surface area contributed by atoms with Gasteiger partial charge in [-0.3, -0.25) is 14.5 Å². The number of benzene rings is 2. The maximum Gasteiger partial charge on any atom is 0.247 e. The molecular formula is C26H33N3O2. The molecule has 0 saturated carbocycles. The largest absolute Gasteiger partial charge is 0.352 e. The van der Waals surface area contributed by atoms with Crippen LogP contribution in [0.2, 0.25) is 0 Å². The number of nitrogens with zero attached hydrogens (tertiary/aromatic N) is 2. The summed E-state index contributed by atoms with van der Waals surface area (Å²) in [7, 11) is 0. The summed E-state index contributed by atoms with van der Waals surface area (Å²) < 4.78 is 0.